The summed E-state index contributed by atoms with van der Waals surface area (Å²) in [4.78, 5) is 19.0. The van der Waals surface area contributed by atoms with Gasteiger partial charge in [-0.15, -0.1) is 11.3 Å². The summed E-state index contributed by atoms with van der Waals surface area (Å²) in [5, 5.41) is 0. The molecule has 39 heavy (non-hydrogen) atoms. The van der Waals surface area contributed by atoms with E-state index in [1.807, 2.05) is 0 Å². The third-order valence-corrected chi connectivity index (χ3v) is 11.3. The van der Waals surface area contributed by atoms with Crippen LogP contribution in [0.1, 0.15) is 19.3 Å². The van der Waals surface area contributed by atoms with Gasteiger partial charge in [-0.3, -0.25) is 4.79 Å². The molecule has 216 valence electrons. The Morgan fingerprint density at radius 2 is 1.72 bits per heavy atom. The fourth-order valence-corrected chi connectivity index (χ4v) is 8.42. The molecule has 2 saturated heterocycles. The summed E-state index contributed by atoms with van der Waals surface area (Å²) in [6, 6.07) is 7.70. The second-order valence-electron chi connectivity index (χ2n) is 9.06. The second kappa shape index (κ2) is 11.8. The van der Waals surface area contributed by atoms with Crippen LogP contribution in [0.25, 0.3) is 10.4 Å². The highest BCUT2D eigenvalue weighted by molar-refractivity contribution is 7.91. The molecule has 1 aromatic heterocycles. The molecule has 0 bridgehead atoms. The van der Waals surface area contributed by atoms with Crippen molar-refractivity contribution in [1.29, 1.82) is 0 Å². The third kappa shape index (κ3) is 7.55. The maximum Gasteiger partial charge on any atom is 0.306 e. The van der Waals surface area contributed by atoms with Gasteiger partial charge in [0.2, 0.25) is 10.0 Å². The lowest BCUT2D eigenvalue weighted by Crippen LogP contribution is -2.61. The maximum atomic E-state index is 13.7. The van der Waals surface area contributed by atoms with E-state index in [9.17, 15) is 30.0 Å². The van der Waals surface area contributed by atoms with Gasteiger partial charge in [-0.1, -0.05) is 0 Å². The number of hydrogen-bond acceptors (Lipinski definition) is 11. The SMILES string of the molecule is CS(=O)(=O)Oc1ccc(-c2ccc(S(=O)(=O)N3CCN(S(C)(=O)=O)C[C@@H]3C(=O)NOC3CCCCO3)s2)cc1. The molecule has 0 aliphatic carbocycles. The smallest absolute Gasteiger partial charge is 0.306 e. The Kier molecular flexibility index (Phi) is 9.02. The number of piperazine rings is 1. The molecule has 2 fully saturated rings. The molecule has 13 nitrogen and oxygen atoms in total. The van der Waals surface area contributed by atoms with Gasteiger partial charge in [0, 0.05) is 37.5 Å². The van der Waals surface area contributed by atoms with E-state index in [0.717, 1.165) is 45.3 Å². The van der Waals surface area contributed by atoms with Gasteiger partial charge in [-0.25, -0.2) is 27.2 Å². The van der Waals surface area contributed by atoms with Gasteiger partial charge in [0.05, 0.1) is 12.5 Å². The number of hydrogen-bond donors (Lipinski definition) is 1. The average Bonchev–Trinajstić information content (AvgIpc) is 3.38. The van der Waals surface area contributed by atoms with E-state index in [2.05, 4.69) is 5.48 Å². The largest absolute Gasteiger partial charge is 0.383 e. The molecule has 1 unspecified atom stereocenters. The van der Waals surface area contributed by atoms with Gasteiger partial charge in [0.25, 0.3) is 15.9 Å². The molecule has 3 heterocycles. The van der Waals surface area contributed by atoms with Gasteiger partial charge in [0.15, 0.2) is 6.29 Å². The minimum Gasteiger partial charge on any atom is -0.383 e. The maximum absolute atomic E-state index is 13.7. The zero-order valence-corrected chi connectivity index (χ0v) is 24.4. The molecule has 0 radical (unpaired) electrons. The van der Waals surface area contributed by atoms with Crippen molar-refractivity contribution < 1.29 is 43.8 Å². The molecule has 2 atom stereocenters. The molecule has 2 aliphatic heterocycles. The minimum absolute atomic E-state index is 0.0453. The molecular weight excluding hydrogens is 595 g/mol. The summed E-state index contributed by atoms with van der Waals surface area (Å²) in [7, 11) is -11.6. The van der Waals surface area contributed by atoms with Crippen molar-refractivity contribution in [2.75, 3.05) is 38.8 Å². The fourth-order valence-electron chi connectivity index (χ4n) is 4.12. The first-order chi connectivity index (χ1) is 18.2. The zero-order chi connectivity index (χ0) is 28.4. The van der Waals surface area contributed by atoms with Gasteiger partial charge in [-0.2, -0.15) is 17.0 Å². The first-order valence-electron chi connectivity index (χ1n) is 11.9. The summed E-state index contributed by atoms with van der Waals surface area (Å²) in [6.07, 6.45) is 3.53. The van der Waals surface area contributed by atoms with Crippen molar-refractivity contribution in [2.45, 2.75) is 35.8 Å². The third-order valence-electron chi connectivity index (χ3n) is 6.03. The Labute approximate surface area is 231 Å². The Bertz CT molecular complexity index is 1500. The summed E-state index contributed by atoms with van der Waals surface area (Å²) in [5.41, 5.74) is 2.88. The summed E-state index contributed by atoms with van der Waals surface area (Å²) in [6.45, 7) is -0.258. The van der Waals surface area contributed by atoms with Crippen molar-refractivity contribution in [1.82, 2.24) is 14.1 Å². The summed E-state index contributed by atoms with van der Waals surface area (Å²) < 4.78 is 86.6. The van der Waals surface area contributed by atoms with Crippen molar-refractivity contribution >= 4 is 47.4 Å². The van der Waals surface area contributed by atoms with Crippen LogP contribution in [-0.2, 0) is 44.5 Å². The van der Waals surface area contributed by atoms with Gasteiger partial charge < -0.3 is 8.92 Å². The van der Waals surface area contributed by atoms with Crippen molar-refractivity contribution in [3.8, 4) is 16.2 Å². The van der Waals surface area contributed by atoms with Crippen molar-refractivity contribution in [2.24, 2.45) is 0 Å². The highest BCUT2D eigenvalue weighted by atomic mass is 32.2. The van der Waals surface area contributed by atoms with E-state index in [-0.39, 0.29) is 29.6 Å². The van der Waals surface area contributed by atoms with Crippen LogP contribution in [0.3, 0.4) is 0 Å². The molecule has 0 spiro atoms. The van der Waals surface area contributed by atoms with Crippen LogP contribution in [0.15, 0.2) is 40.6 Å². The van der Waals surface area contributed by atoms with Gasteiger partial charge >= 0.3 is 10.1 Å². The van der Waals surface area contributed by atoms with E-state index in [0.29, 0.717) is 23.5 Å². The number of nitrogens with zero attached hydrogens (tertiary/aromatic N) is 2. The molecule has 2 aromatic rings. The summed E-state index contributed by atoms with van der Waals surface area (Å²) >= 11 is 0.958. The highest BCUT2D eigenvalue weighted by Gasteiger charge is 2.43. The van der Waals surface area contributed by atoms with E-state index in [1.165, 1.54) is 18.2 Å². The van der Waals surface area contributed by atoms with Gasteiger partial charge in [-0.05, 0) is 54.8 Å². The Balaban J connectivity index is 1.55. The summed E-state index contributed by atoms with van der Waals surface area (Å²) in [5.74, 6) is -0.691. The molecule has 17 heteroatoms. The van der Waals surface area contributed by atoms with Crippen LogP contribution in [0.4, 0.5) is 0 Å². The van der Waals surface area contributed by atoms with E-state index in [1.54, 1.807) is 18.2 Å². The first kappa shape index (κ1) is 29.9. The average molecular weight is 624 g/mol. The van der Waals surface area contributed by atoms with Crippen LogP contribution in [-0.4, -0.2) is 90.9 Å². The first-order valence-corrected chi connectivity index (χ1v) is 17.8. The van der Waals surface area contributed by atoms with E-state index in [4.69, 9.17) is 13.8 Å². The standard InChI is InChI=1S/C22H29N3O10S4/c1-37(27,28)24-12-13-25(18(15-24)22(26)23-34-20-5-3-4-14-33-20)39(31,32)21-11-10-19(36-21)16-6-8-17(9-7-16)35-38(2,29)30/h6-11,18,20H,3-5,12-15H2,1-2H3,(H,23,26)/t18-,20?/m1/s1. The van der Waals surface area contributed by atoms with Crippen molar-refractivity contribution in [3.63, 3.8) is 0 Å². The minimum atomic E-state index is -4.21. The fraction of sp³-hybridized carbons (Fsp3) is 0.500. The Morgan fingerprint density at radius 1 is 1.00 bits per heavy atom. The number of carbonyl (C=O) groups excluding carboxylic acids is 1. The van der Waals surface area contributed by atoms with E-state index < -0.39 is 48.4 Å². The van der Waals surface area contributed by atoms with Crippen LogP contribution in [0.5, 0.6) is 5.75 Å². The predicted molar refractivity (Wildman–Crippen MR) is 142 cm³/mol. The highest BCUT2D eigenvalue weighted by Crippen LogP contribution is 2.34. The normalized spacial score (nSPS) is 21.9. The van der Waals surface area contributed by atoms with Crippen LogP contribution in [0.2, 0.25) is 0 Å². The van der Waals surface area contributed by atoms with E-state index >= 15 is 0 Å². The van der Waals surface area contributed by atoms with Gasteiger partial charge in [0.1, 0.15) is 16.0 Å². The van der Waals surface area contributed by atoms with Crippen LogP contribution in [0, 0.1) is 0 Å². The number of thiophene rings is 1. The topological polar surface area (TPSA) is 166 Å². The number of ether oxygens (including phenoxy) is 1. The monoisotopic (exact) mass is 623 g/mol. The number of benzene rings is 1. The number of rotatable bonds is 9. The number of hydroxylamine groups is 1. The number of carbonyl (C=O) groups is 1. The molecular formula is C22H29N3O10S4. The molecule has 2 aliphatic rings. The molecule has 0 saturated carbocycles. The molecule has 1 amide bonds. The predicted octanol–water partition coefficient (Wildman–Crippen LogP) is 0.962. The quantitative estimate of drug-likeness (QED) is 0.314. The number of amides is 1. The zero-order valence-electron chi connectivity index (χ0n) is 21.2. The second-order valence-corrected chi connectivity index (χ2v) is 15.8. The molecule has 1 N–H and O–H groups in total. The number of nitrogens with one attached hydrogen (secondary N) is 1. The lowest BCUT2D eigenvalue weighted by molar-refractivity contribution is -0.202. The number of sulfonamides is 2. The van der Waals surface area contributed by atoms with Crippen LogP contribution < -0.4 is 9.66 Å². The lowest BCUT2D eigenvalue weighted by atomic mass is 10.2. The Hall–Kier alpha value is -2.12. The lowest BCUT2D eigenvalue weighted by Gasteiger charge is -2.38. The molecule has 1 aromatic carbocycles. The molecule has 4 rings (SSSR count). The van der Waals surface area contributed by atoms with Crippen LogP contribution >= 0.6 is 11.3 Å². The van der Waals surface area contributed by atoms with Crippen molar-refractivity contribution in [3.05, 3.63) is 36.4 Å². The Morgan fingerprint density at radius 3 is 2.33 bits per heavy atom.